The molecule has 0 saturated heterocycles. The predicted octanol–water partition coefficient (Wildman–Crippen LogP) is 5.57. The van der Waals surface area contributed by atoms with E-state index in [1.54, 1.807) is 24.3 Å². The van der Waals surface area contributed by atoms with Crippen molar-refractivity contribution in [2.75, 3.05) is 0 Å². The van der Waals surface area contributed by atoms with Crippen LogP contribution < -0.4 is 5.56 Å². The summed E-state index contributed by atoms with van der Waals surface area (Å²) in [7, 11) is 0. The van der Waals surface area contributed by atoms with Gasteiger partial charge in [-0.15, -0.1) is 0 Å². The minimum atomic E-state index is -0.318. The largest absolute Gasteiger partial charge is 0.305 e. The molecule has 0 aliphatic heterocycles. The lowest BCUT2D eigenvalue weighted by Gasteiger charge is -2.07. The van der Waals surface area contributed by atoms with Crippen molar-refractivity contribution < 1.29 is 0 Å². The topological polar surface area (TPSA) is 82.4 Å². The molecule has 0 fully saturated rings. The third-order valence-corrected chi connectivity index (χ3v) is 5.37. The molecule has 1 N–H and O–H groups in total. The summed E-state index contributed by atoms with van der Waals surface area (Å²) in [4.78, 5) is 24.1. The Balaban J connectivity index is 1.90. The second-order valence-corrected chi connectivity index (χ2v) is 8.04. The highest BCUT2D eigenvalue weighted by Crippen LogP contribution is 2.27. The molecule has 0 radical (unpaired) electrons. The fourth-order valence-corrected chi connectivity index (χ4v) is 3.85. The molecule has 0 bridgehead atoms. The van der Waals surface area contributed by atoms with E-state index in [-0.39, 0.29) is 22.1 Å². The summed E-state index contributed by atoms with van der Waals surface area (Å²) in [6, 6.07) is 13.3. The Bertz CT molecular complexity index is 1430. The molecule has 7 heteroatoms. The van der Waals surface area contributed by atoms with Gasteiger partial charge in [0.25, 0.3) is 5.56 Å². The van der Waals surface area contributed by atoms with Crippen LogP contribution in [0.25, 0.3) is 33.5 Å². The average Bonchev–Trinajstić information content (AvgIpc) is 2.67. The van der Waals surface area contributed by atoms with E-state index in [0.29, 0.717) is 16.5 Å². The molecule has 4 aromatic rings. The Morgan fingerprint density at radius 2 is 2.00 bits per heavy atom. The molecule has 5 nitrogen and oxygen atoms in total. The monoisotopic (exact) mass is 464 g/mol. The Morgan fingerprint density at radius 3 is 2.76 bits per heavy atom. The zero-order valence-corrected chi connectivity index (χ0v) is 17.9. The van der Waals surface area contributed by atoms with E-state index in [9.17, 15) is 10.1 Å². The number of H-pyrrole nitrogens is 1. The van der Waals surface area contributed by atoms with Crippen molar-refractivity contribution in [2.24, 2.45) is 0 Å². The highest BCUT2D eigenvalue weighted by atomic mass is 79.9. The zero-order valence-electron chi connectivity index (χ0n) is 15.5. The lowest BCUT2D eigenvalue weighted by atomic mass is 10.0. The molecule has 0 saturated carbocycles. The van der Waals surface area contributed by atoms with Gasteiger partial charge in [-0.3, -0.25) is 4.79 Å². The van der Waals surface area contributed by atoms with E-state index in [1.807, 2.05) is 32.0 Å². The van der Waals surface area contributed by atoms with Crippen molar-refractivity contribution in [1.29, 1.82) is 5.26 Å². The van der Waals surface area contributed by atoms with Crippen LogP contribution in [0.15, 0.2) is 45.7 Å². The minimum absolute atomic E-state index is 0.184. The van der Waals surface area contributed by atoms with Gasteiger partial charge in [-0.1, -0.05) is 39.2 Å². The van der Waals surface area contributed by atoms with E-state index >= 15 is 0 Å². The van der Waals surface area contributed by atoms with Crippen molar-refractivity contribution in [3.8, 4) is 6.07 Å². The zero-order chi connectivity index (χ0) is 20.7. The molecule has 2 aromatic heterocycles. The second-order valence-electron chi connectivity index (χ2n) is 6.77. The summed E-state index contributed by atoms with van der Waals surface area (Å²) in [5.41, 5.74) is 3.92. The van der Waals surface area contributed by atoms with Gasteiger partial charge < -0.3 is 4.98 Å². The van der Waals surface area contributed by atoms with Crippen LogP contribution in [0.3, 0.4) is 0 Å². The number of aryl methyl sites for hydroxylation is 2. The van der Waals surface area contributed by atoms with Crippen LogP contribution in [0.2, 0.25) is 5.15 Å². The summed E-state index contributed by atoms with van der Waals surface area (Å²) in [5.74, 6) is 0.184. The van der Waals surface area contributed by atoms with Crippen LogP contribution >= 0.6 is 27.5 Å². The molecule has 0 aliphatic rings. The maximum atomic E-state index is 12.4. The van der Waals surface area contributed by atoms with Crippen LogP contribution in [0, 0.1) is 25.2 Å². The molecule has 0 spiro atoms. The number of fused-ring (bicyclic) bond motifs is 2. The van der Waals surface area contributed by atoms with E-state index in [2.05, 4.69) is 37.0 Å². The SMILES string of the molecule is Cc1cc(C)c2nc(Cl)c(/C=C(\C#N)c3nc4ccc(Br)cc4c(=O)[nH]3)cc2c1. The molecule has 0 atom stereocenters. The second kappa shape index (κ2) is 7.43. The summed E-state index contributed by atoms with van der Waals surface area (Å²) >= 11 is 9.73. The number of halogens is 2. The van der Waals surface area contributed by atoms with E-state index in [1.165, 1.54) is 0 Å². The summed E-state index contributed by atoms with van der Waals surface area (Å²) < 4.78 is 0.778. The third kappa shape index (κ3) is 3.67. The molecular weight excluding hydrogens is 452 g/mol. The first-order valence-electron chi connectivity index (χ1n) is 8.75. The first-order valence-corrected chi connectivity index (χ1v) is 9.92. The van der Waals surface area contributed by atoms with Gasteiger partial charge in [0.15, 0.2) is 5.82 Å². The number of nitriles is 1. The van der Waals surface area contributed by atoms with Gasteiger partial charge in [0.05, 0.1) is 22.0 Å². The summed E-state index contributed by atoms with van der Waals surface area (Å²) in [5, 5.41) is 11.3. The maximum absolute atomic E-state index is 12.4. The van der Waals surface area contributed by atoms with Crippen molar-refractivity contribution >= 4 is 61.0 Å². The fourth-order valence-electron chi connectivity index (χ4n) is 3.29. The molecular formula is C22H14BrClN4O. The summed E-state index contributed by atoms with van der Waals surface area (Å²) in [6.45, 7) is 4.00. The Hall–Kier alpha value is -3.01. The maximum Gasteiger partial charge on any atom is 0.259 e. The van der Waals surface area contributed by atoms with Gasteiger partial charge in [0.2, 0.25) is 0 Å². The number of nitrogens with one attached hydrogen (secondary N) is 1. The quantitative estimate of drug-likeness (QED) is 0.310. The molecule has 0 unspecified atom stereocenters. The molecule has 4 rings (SSSR count). The third-order valence-electron chi connectivity index (χ3n) is 4.58. The summed E-state index contributed by atoms with van der Waals surface area (Å²) in [6.07, 6.45) is 1.59. The van der Waals surface area contributed by atoms with Gasteiger partial charge >= 0.3 is 0 Å². The van der Waals surface area contributed by atoms with Crippen molar-refractivity contribution in [2.45, 2.75) is 13.8 Å². The number of allylic oxidation sites excluding steroid dienone is 1. The molecule has 2 heterocycles. The minimum Gasteiger partial charge on any atom is -0.305 e. The van der Waals surface area contributed by atoms with E-state index in [4.69, 9.17) is 11.6 Å². The van der Waals surface area contributed by atoms with Crippen molar-refractivity contribution in [3.63, 3.8) is 0 Å². The van der Waals surface area contributed by atoms with Crippen LogP contribution in [-0.4, -0.2) is 15.0 Å². The molecule has 0 aliphatic carbocycles. The number of aromatic nitrogens is 3. The number of nitrogens with zero attached hydrogens (tertiary/aromatic N) is 3. The molecule has 29 heavy (non-hydrogen) atoms. The highest BCUT2D eigenvalue weighted by molar-refractivity contribution is 9.10. The van der Waals surface area contributed by atoms with Gasteiger partial charge in [-0.25, -0.2) is 9.97 Å². The number of aromatic amines is 1. The first kappa shape index (κ1) is 19.3. The smallest absolute Gasteiger partial charge is 0.259 e. The van der Waals surface area contributed by atoms with Crippen LogP contribution in [-0.2, 0) is 0 Å². The first-order chi connectivity index (χ1) is 13.9. The standard InChI is InChI=1S/C22H14BrClN4O/c1-11-5-12(2)19-13(6-11)7-14(20(24)27-19)8-15(10-25)21-26-18-4-3-16(23)9-17(18)22(29)28-21/h3-9H,1-2H3,(H,26,28,29)/b15-8+. The van der Waals surface area contributed by atoms with E-state index in [0.717, 1.165) is 26.5 Å². The fraction of sp³-hybridized carbons (Fsp3) is 0.0909. The molecule has 2 aromatic carbocycles. The van der Waals surface area contributed by atoms with E-state index < -0.39 is 0 Å². The van der Waals surface area contributed by atoms with Gasteiger partial charge in [0, 0.05) is 15.4 Å². The lowest BCUT2D eigenvalue weighted by molar-refractivity contribution is 1.13. The van der Waals surface area contributed by atoms with Gasteiger partial charge in [0.1, 0.15) is 11.2 Å². The number of pyridine rings is 1. The number of benzene rings is 2. The normalized spacial score (nSPS) is 11.8. The van der Waals surface area contributed by atoms with Crippen LogP contribution in [0.4, 0.5) is 0 Å². The Morgan fingerprint density at radius 1 is 1.21 bits per heavy atom. The average molecular weight is 466 g/mol. The molecule has 142 valence electrons. The van der Waals surface area contributed by atoms with Crippen molar-refractivity contribution in [1.82, 2.24) is 15.0 Å². The predicted molar refractivity (Wildman–Crippen MR) is 120 cm³/mol. The Labute approximate surface area is 179 Å². The number of hydrogen-bond acceptors (Lipinski definition) is 4. The Kier molecular flexibility index (Phi) is 4.95. The van der Waals surface area contributed by atoms with Gasteiger partial charge in [-0.05, 0) is 55.8 Å². The van der Waals surface area contributed by atoms with Crippen LogP contribution in [0.5, 0.6) is 0 Å². The van der Waals surface area contributed by atoms with Gasteiger partial charge in [-0.2, -0.15) is 5.26 Å². The lowest BCUT2D eigenvalue weighted by Crippen LogP contribution is -2.11. The van der Waals surface area contributed by atoms with Crippen LogP contribution in [0.1, 0.15) is 22.5 Å². The molecule has 0 amide bonds. The number of hydrogen-bond donors (Lipinski definition) is 1. The highest BCUT2D eigenvalue weighted by Gasteiger charge is 2.12. The number of rotatable bonds is 2. The van der Waals surface area contributed by atoms with Crippen molar-refractivity contribution in [3.05, 3.63) is 78.9 Å².